The van der Waals surface area contributed by atoms with Gasteiger partial charge in [-0.3, -0.25) is 0 Å². The molecule has 0 saturated heterocycles. The third kappa shape index (κ3) is 3.14. The summed E-state index contributed by atoms with van der Waals surface area (Å²) in [4.78, 5) is 11.1. The van der Waals surface area contributed by atoms with Gasteiger partial charge in [0.15, 0.2) is 15.6 Å². The number of nitrogen functional groups attached to an aromatic ring is 1. The van der Waals surface area contributed by atoms with Crippen LogP contribution in [0.15, 0.2) is 47.4 Å². The van der Waals surface area contributed by atoms with Crippen LogP contribution in [-0.4, -0.2) is 25.7 Å². The normalized spacial score (nSPS) is 11.1. The predicted octanol–water partition coefficient (Wildman–Crippen LogP) is 2.16. The van der Waals surface area contributed by atoms with Gasteiger partial charge >= 0.3 is 5.97 Å². The second-order valence-corrected chi connectivity index (χ2v) is 6.33. The molecule has 2 aromatic rings. The number of carboxylic acids is 1. The number of para-hydroxylation sites is 3. The first-order valence-corrected chi connectivity index (χ1v) is 7.78. The van der Waals surface area contributed by atoms with Gasteiger partial charge in [-0.05, 0) is 24.3 Å². The third-order valence-electron chi connectivity index (χ3n) is 2.74. The Bertz CT molecular complexity index is 799. The van der Waals surface area contributed by atoms with Crippen molar-refractivity contribution < 1.29 is 23.1 Å². The van der Waals surface area contributed by atoms with Crippen LogP contribution in [0.2, 0.25) is 0 Å². The van der Waals surface area contributed by atoms with E-state index in [0.29, 0.717) is 0 Å². The van der Waals surface area contributed by atoms with Crippen molar-refractivity contribution in [2.45, 2.75) is 4.90 Å². The first-order valence-electron chi connectivity index (χ1n) is 5.89. The zero-order chi connectivity index (χ0) is 15.6. The van der Waals surface area contributed by atoms with Crippen LogP contribution in [0.5, 0.6) is 11.5 Å². The van der Waals surface area contributed by atoms with E-state index in [0.717, 1.165) is 6.26 Å². The van der Waals surface area contributed by atoms with E-state index in [1.165, 1.54) is 24.3 Å². The Morgan fingerprint density at radius 2 is 1.81 bits per heavy atom. The fourth-order valence-corrected chi connectivity index (χ4v) is 2.58. The van der Waals surface area contributed by atoms with Crippen molar-refractivity contribution in [1.82, 2.24) is 0 Å². The van der Waals surface area contributed by atoms with E-state index >= 15 is 0 Å². The molecule has 0 radical (unpaired) electrons. The van der Waals surface area contributed by atoms with Gasteiger partial charge < -0.3 is 15.6 Å². The van der Waals surface area contributed by atoms with Crippen LogP contribution >= 0.6 is 0 Å². The molecule has 0 spiro atoms. The van der Waals surface area contributed by atoms with Crippen molar-refractivity contribution >= 4 is 21.5 Å². The summed E-state index contributed by atoms with van der Waals surface area (Å²) in [6.07, 6.45) is 0.981. The Morgan fingerprint density at radius 3 is 2.38 bits per heavy atom. The van der Waals surface area contributed by atoms with Crippen LogP contribution in [0.4, 0.5) is 5.69 Å². The topological polar surface area (TPSA) is 107 Å². The molecule has 2 aromatic carbocycles. The molecule has 0 aromatic heterocycles. The van der Waals surface area contributed by atoms with Crippen LogP contribution in [0.1, 0.15) is 10.4 Å². The lowest BCUT2D eigenvalue weighted by atomic mass is 10.2. The molecule has 7 heteroatoms. The summed E-state index contributed by atoms with van der Waals surface area (Å²) in [5, 5.41) is 9.20. The van der Waals surface area contributed by atoms with E-state index in [1.807, 2.05) is 0 Å². The molecule has 0 fully saturated rings. The van der Waals surface area contributed by atoms with Crippen LogP contribution in [0.3, 0.4) is 0 Å². The number of hydrogen-bond acceptors (Lipinski definition) is 5. The molecule has 0 bridgehead atoms. The molecule has 0 unspecified atom stereocenters. The molecule has 3 N–H and O–H groups in total. The number of benzene rings is 2. The molecule has 0 aliphatic heterocycles. The number of carbonyl (C=O) groups is 1. The van der Waals surface area contributed by atoms with Crippen molar-refractivity contribution in [1.29, 1.82) is 0 Å². The summed E-state index contributed by atoms with van der Waals surface area (Å²) in [7, 11) is -3.65. The Kier molecular flexibility index (Phi) is 3.86. The molecule has 0 aliphatic carbocycles. The number of ether oxygens (including phenoxy) is 1. The highest BCUT2D eigenvalue weighted by Gasteiger charge is 2.22. The molecule has 0 aliphatic rings. The lowest BCUT2D eigenvalue weighted by molar-refractivity contribution is 0.0693. The van der Waals surface area contributed by atoms with Gasteiger partial charge in [0, 0.05) is 6.26 Å². The summed E-state index contributed by atoms with van der Waals surface area (Å²) >= 11 is 0. The van der Waals surface area contributed by atoms with Gasteiger partial charge in [0.25, 0.3) is 0 Å². The highest BCUT2D eigenvalue weighted by Crippen LogP contribution is 2.34. The van der Waals surface area contributed by atoms with Crippen LogP contribution in [0, 0.1) is 0 Å². The molecular weight excluding hydrogens is 294 g/mol. The molecule has 0 amide bonds. The smallest absolute Gasteiger partial charge is 0.339 e. The number of hydrogen-bond donors (Lipinski definition) is 2. The number of aromatic carboxylic acids is 1. The lowest BCUT2D eigenvalue weighted by Gasteiger charge is -2.13. The van der Waals surface area contributed by atoms with Crippen molar-refractivity contribution in [3.05, 3.63) is 48.0 Å². The maximum absolute atomic E-state index is 11.8. The second kappa shape index (κ2) is 5.45. The number of rotatable bonds is 4. The van der Waals surface area contributed by atoms with Gasteiger partial charge in [-0.2, -0.15) is 0 Å². The quantitative estimate of drug-likeness (QED) is 0.838. The molecule has 2 rings (SSSR count). The highest BCUT2D eigenvalue weighted by atomic mass is 32.2. The van der Waals surface area contributed by atoms with E-state index < -0.39 is 15.8 Å². The second-order valence-electron chi connectivity index (χ2n) is 4.35. The zero-order valence-electron chi connectivity index (χ0n) is 11.1. The summed E-state index contributed by atoms with van der Waals surface area (Å²) in [6, 6.07) is 10.3. The summed E-state index contributed by atoms with van der Waals surface area (Å²) in [5.41, 5.74) is 5.76. The molecule has 21 heavy (non-hydrogen) atoms. The van der Waals surface area contributed by atoms with Crippen molar-refractivity contribution in [3.63, 3.8) is 0 Å². The standard InChI is InChI=1S/C14H13NO5S/c1-21(18,19)12-8-4-5-9(14(16)17)13(12)20-11-7-3-2-6-10(11)15/h2-8H,15H2,1H3,(H,16,17). The van der Waals surface area contributed by atoms with Gasteiger partial charge in [0.05, 0.1) is 5.69 Å². The van der Waals surface area contributed by atoms with E-state index in [4.69, 9.17) is 10.5 Å². The average molecular weight is 307 g/mol. The van der Waals surface area contributed by atoms with E-state index in [-0.39, 0.29) is 27.6 Å². The molecule has 6 nitrogen and oxygen atoms in total. The van der Waals surface area contributed by atoms with E-state index in [9.17, 15) is 18.3 Å². The largest absolute Gasteiger partial charge is 0.478 e. The van der Waals surface area contributed by atoms with Gasteiger partial charge in [-0.1, -0.05) is 18.2 Å². The van der Waals surface area contributed by atoms with Gasteiger partial charge in [0.1, 0.15) is 16.2 Å². The number of nitrogens with two attached hydrogens (primary N) is 1. The summed E-state index contributed by atoms with van der Waals surface area (Å²) in [6.45, 7) is 0. The predicted molar refractivity (Wildman–Crippen MR) is 77.4 cm³/mol. The van der Waals surface area contributed by atoms with Crippen molar-refractivity contribution in [2.24, 2.45) is 0 Å². The number of sulfone groups is 1. The van der Waals surface area contributed by atoms with Crippen LogP contribution in [0.25, 0.3) is 0 Å². The molecular formula is C14H13NO5S. The third-order valence-corrected chi connectivity index (χ3v) is 3.86. The van der Waals surface area contributed by atoms with E-state index in [2.05, 4.69) is 0 Å². The van der Waals surface area contributed by atoms with E-state index in [1.54, 1.807) is 18.2 Å². The first kappa shape index (κ1) is 14.9. The fraction of sp³-hybridized carbons (Fsp3) is 0.0714. The first-order chi connectivity index (χ1) is 9.80. The Labute approximate surface area is 121 Å². The summed E-state index contributed by atoms with van der Waals surface area (Å²) < 4.78 is 29.1. The minimum absolute atomic E-state index is 0.191. The fourth-order valence-electron chi connectivity index (χ4n) is 1.76. The van der Waals surface area contributed by atoms with Gasteiger partial charge in [-0.15, -0.1) is 0 Å². The number of carboxylic acid groups (broad SMARTS) is 1. The Morgan fingerprint density at radius 1 is 1.14 bits per heavy atom. The van der Waals surface area contributed by atoms with Crippen molar-refractivity contribution in [2.75, 3.05) is 12.0 Å². The van der Waals surface area contributed by atoms with Crippen molar-refractivity contribution in [3.8, 4) is 11.5 Å². The lowest BCUT2D eigenvalue weighted by Crippen LogP contribution is -2.07. The van der Waals surface area contributed by atoms with Crippen LogP contribution < -0.4 is 10.5 Å². The molecule has 110 valence electrons. The minimum Gasteiger partial charge on any atom is -0.478 e. The Balaban J connectivity index is 2.66. The van der Waals surface area contributed by atoms with Gasteiger partial charge in [-0.25, -0.2) is 13.2 Å². The minimum atomic E-state index is -3.65. The average Bonchev–Trinajstić information content (AvgIpc) is 2.40. The molecule has 0 saturated carbocycles. The summed E-state index contributed by atoms with van der Waals surface area (Å²) in [5.74, 6) is -1.34. The number of anilines is 1. The maximum atomic E-state index is 11.8. The Hall–Kier alpha value is -2.54. The zero-order valence-corrected chi connectivity index (χ0v) is 11.9. The highest BCUT2D eigenvalue weighted by molar-refractivity contribution is 7.90. The maximum Gasteiger partial charge on any atom is 0.339 e. The SMILES string of the molecule is CS(=O)(=O)c1cccc(C(=O)O)c1Oc1ccccc1N. The molecule has 0 atom stereocenters. The van der Waals surface area contributed by atoms with Gasteiger partial charge in [0.2, 0.25) is 0 Å². The van der Waals surface area contributed by atoms with Crippen LogP contribution in [-0.2, 0) is 9.84 Å². The molecule has 0 heterocycles. The monoisotopic (exact) mass is 307 g/mol.